The van der Waals surface area contributed by atoms with E-state index in [9.17, 15) is 9.59 Å². The first-order valence-electron chi connectivity index (χ1n) is 9.54. The van der Waals surface area contributed by atoms with E-state index in [0.29, 0.717) is 22.6 Å². The summed E-state index contributed by atoms with van der Waals surface area (Å²) in [4.78, 5) is 23.9. The van der Waals surface area contributed by atoms with E-state index in [0.717, 1.165) is 17.0 Å². The normalized spacial score (nSPS) is 10.5. The van der Waals surface area contributed by atoms with Gasteiger partial charge < -0.3 is 9.47 Å². The second-order valence-electron chi connectivity index (χ2n) is 6.80. The molecular weight excluding hydrogens is 394 g/mol. The van der Waals surface area contributed by atoms with Crippen molar-refractivity contribution in [3.8, 4) is 28.4 Å². The van der Waals surface area contributed by atoms with Crippen LogP contribution in [0.25, 0.3) is 16.9 Å². The molecular formula is C24H19N3O4. The molecule has 1 aromatic heterocycles. The molecule has 0 fully saturated rings. The van der Waals surface area contributed by atoms with Gasteiger partial charge in [0, 0.05) is 11.1 Å². The third kappa shape index (κ3) is 4.51. The SMILES string of the molecule is COc1ccc(-n2cc(-c3ccc(OC(=O)c4cccc(C(C)=O)c4)cc3)nn2)cc1. The van der Waals surface area contributed by atoms with Crippen LogP contribution in [0.1, 0.15) is 27.6 Å². The molecule has 0 radical (unpaired) electrons. The number of hydrogen-bond acceptors (Lipinski definition) is 6. The average Bonchev–Trinajstić information content (AvgIpc) is 3.30. The molecule has 0 saturated carbocycles. The van der Waals surface area contributed by atoms with Gasteiger partial charge >= 0.3 is 5.97 Å². The topological polar surface area (TPSA) is 83.3 Å². The third-order valence-corrected chi connectivity index (χ3v) is 4.70. The van der Waals surface area contributed by atoms with Gasteiger partial charge in [-0.1, -0.05) is 17.3 Å². The Balaban J connectivity index is 1.47. The van der Waals surface area contributed by atoms with Crippen molar-refractivity contribution in [1.82, 2.24) is 15.0 Å². The lowest BCUT2D eigenvalue weighted by Crippen LogP contribution is -2.09. The van der Waals surface area contributed by atoms with E-state index in [1.54, 1.807) is 54.3 Å². The first kappa shape index (κ1) is 20.0. The van der Waals surface area contributed by atoms with Gasteiger partial charge in [0.1, 0.15) is 17.2 Å². The van der Waals surface area contributed by atoms with Crippen LogP contribution in [0, 0.1) is 0 Å². The number of benzene rings is 3. The molecule has 0 aliphatic rings. The molecule has 0 N–H and O–H groups in total. The highest BCUT2D eigenvalue weighted by Crippen LogP contribution is 2.23. The zero-order chi connectivity index (χ0) is 21.8. The number of aromatic nitrogens is 3. The third-order valence-electron chi connectivity index (χ3n) is 4.70. The molecule has 31 heavy (non-hydrogen) atoms. The van der Waals surface area contributed by atoms with Crippen molar-refractivity contribution >= 4 is 11.8 Å². The van der Waals surface area contributed by atoms with Gasteiger partial charge in [-0.3, -0.25) is 4.79 Å². The molecule has 4 aromatic rings. The van der Waals surface area contributed by atoms with E-state index in [2.05, 4.69) is 10.3 Å². The molecule has 0 saturated heterocycles. The number of methoxy groups -OCH3 is 1. The summed E-state index contributed by atoms with van der Waals surface area (Å²) in [6.45, 7) is 1.45. The van der Waals surface area contributed by atoms with Crippen LogP contribution in [0.3, 0.4) is 0 Å². The van der Waals surface area contributed by atoms with Gasteiger partial charge in [-0.05, 0) is 67.6 Å². The lowest BCUT2D eigenvalue weighted by Gasteiger charge is -2.06. The Labute approximate surface area is 178 Å². The van der Waals surface area contributed by atoms with Crippen molar-refractivity contribution < 1.29 is 19.1 Å². The molecule has 0 amide bonds. The summed E-state index contributed by atoms with van der Waals surface area (Å²) in [5.41, 5.74) is 3.16. The minimum Gasteiger partial charge on any atom is -0.497 e. The van der Waals surface area contributed by atoms with E-state index < -0.39 is 5.97 Å². The minimum absolute atomic E-state index is 0.110. The molecule has 154 valence electrons. The van der Waals surface area contributed by atoms with Gasteiger partial charge in [-0.25, -0.2) is 9.48 Å². The molecule has 0 spiro atoms. The average molecular weight is 413 g/mol. The van der Waals surface area contributed by atoms with Crippen molar-refractivity contribution in [2.75, 3.05) is 7.11 Å². The van der Waals surface area contributed by atoms with Crippen LogP contribution in [0.2, 0.25) is 0 Å². The monoisotopic (exact) mass is 413 g/mol. The quantitative estimate of drug-likeness (QED) is 0.265. The molecule has 4 rings (SSSR count). The fourth-order valence-corrected chi connectivity index (χ4v) is 2.98. The van der Waals surface area contributed by atoms with E-state index in [-0.39, 0.29) is 5.78 Å². The van der Waals surface area contributed by atoms with Crippen molar-refractivity contribution in [3.63, 3.8) is 0 Å². The van der Waals surface area contributed by atoms with Crippen LogP contribution in [-0.2, 0) is 0 Å². The molecule has 0 atom stereocenters. The molecule has 0 bridgehead atoms. The van der Waals surface area contributed by atoms with Crippen LogP contribution in [0.15, 0.2) is 79.0 Å². The maximum Gasteiger partial charge on any atom is 0.343 e. The van der Waals surface area contributed by atoms with Crippen LogP contribution < -0.4 is 9.47 Å². The van der Waals surface area contributed by atoms with Gasteiger partial charge in [0.05, 0.1) is 24.6 Å². The summed E-state index contributed by atoms with van der Waals surface area (Å²) in [6.07, 6.45) is 1.82. The van der Waals surface area contributed by atoms with E-state index >= 15 is 0 Å². The number of ketones is 1. The summed E-state index contributed by atoms with van der Waals surface area (Å²) >= 11 is 0. The predicted molar refractivity (Wildman–Crippen MR) is 115 cm³/mol. The lowest BCUT2D eigenvalue weighted by molar-refractivity contribution is 0.0734. The van der Waals surface area contributed by atoms with Crippen molar-refractivity contribution in [3.05, 3.63) is 90.1 Å². The van der Waals surface area contributed by atoms with Gasteiger partial charge in [-0.15, -0.1) is 5.10 Å². The van der Waals surface area contributed by atoms with E-state index in [4.69, 9.17) is 9.47 Å². The number of nitrogens with zero attached hydrogens (tertiary/aromatic N) is 3. The standard InChI is InChI=1S/C24H19N3O4/c1-16(28)18-4-3-5-19(14-18)24(29)31-22-10-6-17(7-11-22)23-15-27(26-25-23)20-8-12-21(30-2)13-9-20/h3-15H,1-2H3. The fraction of sp³-hybridized carbons (Fsp3) is 0.0833. The molecule has 7 heteroatoms. The van der Waals surface area contributed by atoms with Crippen molar-refractivity contribution in [2.45, 2.75) is 6.92 Å². The number of carbonyl (C=O) groups excluding carboxylic acids is 2. The summed E-state index contributed by atoms with van der Waals surface area (Å²) in [7, 11) is 1.62. The Kier molecular flexibility index (Phi) is 5.57. The second-order valence-corrected chi connectivity index (χ2v) is 6.80. The summed E-state index contributed by atoms with van der Waals surface area (Å²) in [5, 5.41) is 8.38. The number of esters is 1. The molecule has 1 heterocycles. The van der Waals surface area contributed by atoms with E-state index in [1.165, 1.54) is 13.0 Å². The van der Waals surface area contributed by atoms with Gasteiger partial charge in [0.15, 0.2) is 5.78 Å². The second kappa shape index (κ2) is 8.62. The summed E-state index contributed by atoms with van der Waals surface area (Å²) in [5.74, 6) is 0.523. The van der Waals surface area contributed by atoms with Crippen LogP contribution in [0.5, 0.6) is 11.5 Å². The molecule has 0 aliphatic heterocycles. The van der Waals surface area contributed by atoms with Crippen molar-refractivity contribution in [1.29, 1.82) is 0 Å². The first-order valence-corrected chi connectivity index (χ1v) is 9.54. The highest BCUT2D eigenvalue weighted by molar-refractivity contribution is 5.98. The molecule has 0 aliphatic carbocycles. The highest BCUT2D eigenvalue weighted by Gasteiger charge is 2.12. The Hall–Kier alpha value is -4.26. The Morgan fingerprint density at radius 3 is 2.23 bits per heavy atom. The summed E-state index contributed by atoms with van der Waals surface area (Å²) < 4.78 is 12.3. The van der Waals surface area contributed by atoms with Crippen molar-refractivity contribution in [2.24, 2.45) is 0 Å². The highest BCUT2D eigenvalue weighted by atomic mass is 16.5. The zero-order valence-electron chi connectivity index (χ0n) is 17.0. The fourth-order valence-electron chi connectivity index (χ4n) is 2.98. The van der Waals surface area contributed by atoms with E-state index in [1.807, 2.05) is 30.5 Å². The zero-order valence-corrected chi connectivity index (χ0v) is 17.0. The lowest BCUT2D eigenvalue weighted by atomic mass is 10.1. The van der Waals surface area contributed by atoms with Crippen LogP contribution in [0.4, 0.5) is 0 Å². The van der Waals surface area contributed by atoms with Crippen LogP contribution in [-0.4, -0.2) is 33.9 Å². The predicted octanol–water partition coefficient (Wildman–Crippen LogP) is 4.36. The Bertz CT molecular complexity index is 1230. The van der Waals surface area contributed by atoms with Gasteiger partial charge in [-0.2, -0.15) is 0 Å². The largest absolute Gasteiger partial charge is 0.497 e. The number of hydrogen-bond donors (Lipinski definition) is 0. The maximum absolute atomic E-state index is 12.4. The Morgan fingerprint density at radius 2 is 1.55 bits per heavy atom. The number of Topliss-reactive ketones (excluding diaryl/α,β-unsaturated/α-hetero) is 1. The molecule has 3 aromatic carbocycles. The van der Waals surface area contributed by atoms with Gasteiger partial charge in [0.2, 0.25) is 0 Å². The number of carbonyl (C=O) groups is 2. The summed E-state index contributed by atoms with van der Waals surface area (Å²) in [6, 6.07) is 20.9. The first-order chi connectivity index (χ1) is 15.0. The smallest absolute Gasteiger partial charge is 0.343 e. The maximum atomic E-state index is 12.4. The minimum atomic E-state index is -0.527. The number of ether oxygens (including phenoxy) is 2. The molecule has 0 unspecified atom stereocenters. The number of rotatable bonds is 6. The Morgan fingerprint density at radius 1 is 0.871 bits per heavy atom. The van der Waals surface area contributed by atoms with Crippen LogP contribution >= 0.6 is 0 Å². The van der Waals surface area contributed by atoms with Gasteiger partial charge in [0.25, 0.3) is 0 Å². The molecule has 7 nitrogen and oxygen atoms in total.